The first-order chi connectivity index (χ1) is 14.6. The number of rotatable bonds is 4. The van der Waals surface area contributed by atoms with E-state index in [0.29, 0.717) is 18.0 Å². The first kappa shape index (κ1) is 18.9. The minimum atomic E-state index is -0.0424. The zero-order valence-electron chi connectivity index (χ0n) is 17.0. The van der Waals surface area contributed by atoms with E-state index in [2.05, 4.69) is 36.5 Å². The molecule has 0 spiro atoms. The van der Waals surface area contributed by atoms with E-state index in [4.69, 9.17) is 9.84 Å². The molecule has 1 N–H and O–H groups in total. The van der Waals surface area contributed by atoms with E-state index in [0.717, 1.165) is 33.6 Å². The highest BCUT2D eigenvalue weighted by atomic mass is 32.1. The minimum absolute atomic E-state index is 0.0298. The Morgan fingerprint density at radius 2 is 2.00 bits per heavy atom. The number of hydrogen-bond acceptors (Lipinski definition) is 4. The predicted molar refractivity (Wildman–Crippen MR) is 119 cm³/mol. The second kappa shape index (κ2) is 7.61. The lowest BCUT2D eigenvalue weighted by atomic mass is 10.0. The van der Waals surface area contributed by atoms with Crippen molar-refractivity contribution in [2.45, 2.75) is 32.9 Å². The van der Waals surface area contributed by atoms with Gasteiger partial charge < -0.3 is 10.1 Å². The van der Waals surface area contributed by atoms with Gasteiger partial charge in [-0.05, 0) is 31.5 Å². The Kier molecular flexibility index (Phi) is 4.79. The molecule has 5 rings (SSSR count). The van der Waals surface area contributed by atoms with Crippen LogP contribution in [0.2, 0.25) is 0 Å². The molecular formula is C24H23N3O2S. The minimum Gasteiger partial charge on any atom is -0.493 e. The molecule has 30 heavy (non-hydrogen) atoms. The molecule has 0 saturated heterocycles. The molecule has 1 amide bonds. The number of thiophene rings is 1. The molecule has 0 unspecified atom stereocenters. The number of carbonyl (C=O) groups excluding carboxylic acids is 1. The van der Waals surface area contributed by atoms with Crippen LogP contribution in [0.1, 0.15) is 44.5 Å². The highest BCUT2D eigenvalue weighted by molar-refractivity contribution is 7.20. The fraction of sp³-hybridized carbons (Fsp3) is 0.250. The van der Waals surface area contributed by atoms with Crippen molar-refractivity contribution in [1.82, 2.24) is 15.1 Å². The number of fused-ring (bicyclic) bond motifs is 2. The lowest BCUT2D eigenvalue weighted by molar-refractivity contribution is 0.0929. The molecule has 2 aromatic carbocycles. The standard InChI is InChI=1S/C24H23N3O2S/c1-15-7-9-17(10-8-15)14-27-24-19(16(2)26-27)13-22(30-24)23(28)25-20-11-12-29-21-6-4-3-5-18(20)21/h3-10,13,20H,11-12,14H2,1-2H3,(H,25,28)/t20-/m0/s1. The van der Waals surface area contributed by atoms with Gasteiger partial charge in [-0.25, -0.2) is 0 Å². The van der Waals surface area contributed by atoms with E-state index in [9.17, 15) is 4.79 Å². The van der Waals surface area contributed by atoms with Gasteiger partial charge in [0.15, 0.2) is 0 Å². The van der Waals surface area contributed by atoms with Crippen molar-refractivity contribution in [3.63, 3.8) is 0 Å². The molecule has 1 aliphatic heterocycles. The second-order valence-corrected chi connectivity index (χ2v) is 8.79. The van der Waals surface area contributed by atoms with E-state index in [-0.39, 0.29) is 11.9 Å². The molecular weight excluding hydrogens is 394 g/mol. The molecule has 1 aliphatic rings. The van der Waals surface area contributed by atoms with Crippen LogP contribution in [0.4, 0.5) is 0 Å². The first-order valence-electron chi connectivity index (χ1n) is 10.1. The number of aryl methyl sites for hydroxylation is 2. The summed E-state index contributed by atoms with van der Waals surface area (Å²) in [6.45, 7) is 5.39. The lowest BCUT2D eigenvalue weighted by Gasteiger charge is -2.26. The van der Waals surface area contributed by atoms with Gasteiger partial charge in [0, 0.05) is 17.4 Å². The quantitative estimate of drug-likeness (QED) is 0.507. The summed E-state index contributed by atoms with van der Waals surface area (Å²) in [7, 11) is 0. The Morgan fingerprint density at radius 1 is 1.20 bits per heavy atom. The second-order valence-electron chi connectivity index (χ2n) is 7.76. The van der Waals surface area contributed by atoms with Gasteiger partial charge >= 0.3 is 0 Å². The van der Waals surface area contributed by atoms with Crippen molar-refractivity contribution in [3.05, 3.63) is 81.9 Å². The van der Waals surface area contributed by atoms with Crippen molar-refractivity contribution in [3.8, 4) is 5.75 Å². The van der Waals surface area contributed by atoms with Gasteiger partial charge in [0.1, 0.15) is 10.6 Å². The molecule has 1 atom stereocenters. The Bertz CT molecular complexity index is 1220. The normalized spacial score (nSPS) is 15.6. The molecule has 4 aromatic rings. The molecule has 2 aromatic heterocycles. The van der Waals surface area contributed by atoms with Crippen molar-refractivity contribution in [2.75, 3.05) is 6.61 Å². The fourth-order valence-electron chi connectivity index (χ4n) is 3.92. The molecule has 0 saturated carbocycles. The van der Waals surface area contributed by atoms with Gasteiger partial charge in [0.05, 0.1) is 29.8 Å². The lowest BCUT2D eigenvalue weighted by Crippen LogP contribution is -2.31. The Hall–Kier alpha value is -3.12. The molecule has 152 valence electrons. The van der Waals surface area contributed by atoms with Crippen LogP contribution in [0.5, 0.6) is 5.75 Å². The summed E-state index contributed by atoms with van der Waals surface area (Å²) in [4.78, 5) is 14.8. The number of ether oxygens (including phenoxy) is 1. The number of benzene rings is 2. The highest BCUT2D eigenvalue weighted by Gasteiger charge is 2.24. The average molecular weight is 418 g/mol. The van der Waals surface area contributed by atoms with Crippen LogP contribution in [0.15, 0.2) is 54.6 Å². The third-order valence-corrected chi connectivity index (χ3v) is 6.70. The highest BCUT2D eigenvalue weighted by Crippen LogP contribution is 2.33. The summed E-state index contributed by atoms with van der Waals surface area (Å²) in [6, 6.07) is 18.3. The number of para-hydroxylation sites is 1. The Labute approximate surface area is 179 Å². The number of carbonyl (C=O) groups is 1. The monoisotopic (exact) mass is 417 g/mol. The van der Waals surface area contributed by atoms with Crippen molar-refractivity contribution >= 4 is 27.5 Å². The van der Waals surface area contributed by atoms with Crippen molar-refractivity contribution in [2.24, 2.45) is 0 Å². The molecule has 0 radical (unpaired) electrons. The van der Waals surface area contributed by atoms with Gasteiger partial charge in [-0.3, -0.25) is 9.48 Å². The topological polar surface area (TPSA) is 56.2 Å². The number of amides is 1. The Balaban J connectivity index is 1.40. The molecule has 3 heterocycles. The molecule has 0 aliphatic carbocycles. The first-order valence-corrected chi connectivity index (χ1v) is 11.0. The van der Waals surface area contributed by atoms with E-state index < -0.39 is 0 Å². The summed E-state index contributed by atoms with van der Waals surface area (Å²) in [6.07, 6.45) is 0.772. The van der Waals surface area contributed by atoms with Gasteiger partial charge in [-0.15, -0.1) is 11.3 Å². The molecule has 0 bridgehead atoms. The van der Waals surface area contributed by atoms with Crippen LogP contribution < -0.4 is 10.1 Å². The summed E-state index contributed by atoms with van der Waals surface area (Å²) in [5.74, 6) is 0.814. The summed E-state index contributed by atoms with van der Waals surface area (Å²) in [5.41, 5.74) is 4.43. The van der Waals surface area contributed by atoms with Gasteiger partial charge in [0.2, 0.25) is 0 Å². The third-order valence-electron chi connectivity index (χ3n) is 5.55. The maximum absolute atomic E-state index is 13.0. The van der Waals surface area contributed by atoms with Gasteiger partial charge in [-0.1, -0.05) is 48.0 Å². The summed E-state index contributed by atoms with van der Waals surface area (Å²) in [5, 5.41) is 8.94. The fourth-order valence-corrected chi connectivity index (χ4v) is 4.98. The predicted octanol–water partition coefficient (Wildman–Crippen LogP) is 5.02. The molecule has 0 fully saturated rings. The average Bonchev–Trinajstić information content (AvgIpc) is 3.31. The van der Waals surface area contributed by atoms with Gasteiger partial charge in [-0.2, -0.15) is 5.10 Å². The smallest absolute Gasteiger partial charge is 0.261 e. The van der Waals surface area contributed by atoms with E-state index in [1.54, 1.807) is 0 Å². The molecule has 5 nitrogen and oxygen atoms in total. The zero-order valence-corrected chi connectivity index (χ0v) is 17.8. The largest absolute Gasteiger partial charge is 0.493 e. The number of nitrogens with one attached hydrogen (secondary N) is 1. The van der Waals surface area contributed by atoms with Crippen LogP contribution in [0.3, 0.4) is 0 Å². The van der Waals surface area contributed by atoms with Crippen molar-refractivity contribution in [1.29, 1.82) is 0 Å². The van der Waals surface area contributed by atoms with Crippen LogP contribution in [0, 0.1) is 13.8 Å². The zero-order chi connectivity index (χ0) is 20.7. The maximum atomic E-state index is 13.0. The molecule has 6 heteroatoms. The maximum Gasteiger partial charge on any atom is 0.261 e. The van der Waals surface area contributed by atoms with Crippen LogP contribution in [-0.4, -0.2) is 22.3 Å². The third kappa shape index (κ3) is 3.48. The SMILES string of the molecule is Cc1ccc(Cn2nc(C)c3cc(C(=O)N[C@H]4CCOc5ccccc54)sc32)cc1. The number of nitrogens with zero attached hydrogens (tertiary/aromatic N) is 2. The van der Waals surface area contributed by atoms with Crippen LogP contribution >= 0.6 is 11.3 Å². The summed E-state index contributed by atoms with van der Waals surface area (Å²) < 4.78 is 7.71. The van der Waals surface area contributed by atoms with E-state index in [1.165, 1.54) is 22.5 Å². The Morgan fingerprint density at radius 3 is 2.83 bits per heavy atom. The van der Waals surface area contributed by atoms with Crippen molar-refractivity contribution < 1.29 is 9.53 Å². The number of hydrogen-bond donors (Lipinski definition) is 1. The summed E-state index contributed by atoms with van der Waals surface area (Å²) >= 11 is 1.50. The van der Waals surface area contributed by atoms with Crippen LogP contribution in [0.25, 0.3) is 10.2 Å². The van der Waals surface area contributed by atoms with E-state index in [1.807, 2.05) is 41.9 Å². The van der Waals surface area contributed by atoms with Gasteiger partial charge in [0.25, 0.3) is 5.91 Å². The van der Waals surface area contributed by atoms with Crippen LogP contribution in [-0.2, 0) is 6.54 Å². The number of aromatic nitrogens is 2. The van der Waals surface area contributed by atoms with E-state index >= 15 is 0 Å².